The third-order valence-electron chi connectivity index (χ3n) is 6.19. The molecule has 2 aromatic carbocycles. The van der Waals surface area contributed by atoms with Crippen LogP contribution in [0, 0.1) is 0 Å². The van der Waals surface area contributed by atoms with Crippen LogP contribution in [0.15, 0.2) is 30.5 Å². The van der Waals surface area contributed by atoms with E-state index in [1.807, 2.05) is 0 Å². The molecule has 0 saturated carbocycles. The maximum atomic E-state index is 14.5. The summed E-state index contributed by atoms with van der Waals surface area (Å²) in [7, 11) is 1.57. The molecule has 0 bridgehead atoms. The third kappa shape index (κ3) is 4.99. The fraction of sp³-hybridized carbons (Fsp3) is 0.385. The molecule has 0 saturated heterocycles. The molecule has 0 spiro atoms. The number of fused-ring (bicyclic) bond motifs is 3. The normalized spacial score (nSPS) is 11.6. The molecule has 35 heavy (non-hydrogen) atoms. The minimum Gasteiger partial charge on any atom is -0.506 e. The average Bonchev–Trinajstić information content (AvgIpc) is 3.35. The predicted molar refractivity (Wildman–Crippen MR) is 137 cm³/mol. The van der Waals surface area contributed by atoms with Gasteiger partial charge in [-0.1, -0.05) is 31.9 Å². The molecule has 186 valence electrons. The van der Waals surface area contributed by atoms with Gasteiger partial charge in [-0.3, -0.25) is 5.10 Å². The largest absolute Gasteiger partial charge is 0.506 e. The molecule has 0 amide bonds. The van der Waals surface area contributed by atoms with E-state index in [9.17, 15) is 9.50 Å². The van der Waals surface area contributed by atoms with Crippen LogP contribution in [-0.2, 0) is 6.67 Å². The number of H-pyrrole nitrogens is 1. The molecule has 2 aromatic heterocycles. The number of phenols is 1. The molecule has 0 aliphatic heterocycles. The van der Waals surface area contributed by atoms with E-state index in [-0.39, 0.29) is 10.8 Å². The Balaban J connectivity index is 1.85. The Labute approximate surface area is 208 Å². The molecule has 4 aromatic rings. The zero-order valence-electron chi connectivity index (χ0n) is 20.2. The van der Waals surface area contributed by atoms with Crippen LogP contribution in [0.2, 0.25) is 5.02 Å². The number of alkyl halides is 1. The number of hydrogen-bond acceptors (Lipinski definition) is 6. The number of hydrogen-bond donors (Lipinski definition) is 2. The van der Waals surface area contributed by atoms with E-state index in [0.29, 0.717) is 56.7 Å². The van der Waals surface area contributed by atoms with Crippen molar-refractivity contribution in [3.63, 3.8) is 0 Å². The van der Waals surface area contributed by atoms with Crippen LogP contribution in [0.3, 0.4) is 0 Å². The van der Waals surface area contributed by atoms with Gasteiger partial charge in [0.25, 0.3) is 0 Å². The minimum absolute atomic E-state index is 0.0404. The Morgan fingerprint density at radius 1 is 1.17 bits per heavy atom. The van der Waals surface area contributed by atoms with Crippen molar-refractivity contribution in [3.05, 3.63) is 41.0 Å². The number of halogens is 2. The molecule has 2 heterocycles. The monoisotopic (exact) mass is 500 g/mol. The molecule has 4 rings (SSSR count). The summed E-state index contributed by atoms with van der Waals surface area (Å²) in [5.41, 5.74) is 2.08. The quantitative estimate of drug-likeness (QED) is 0.258. The summed E-state index contributed by atoms with van der Waals surface area (Å²) >= 11 is 6.18. The number of benzene rings is 2. The Hall–Kier alpha value is -3.10. The zero-order valence-corrected chi connectivity index (χ0v) is 21.0. The number of nitrogens with zero attached hydrogens (tertiary/aromatic N) is 3. The van der Waals surface area contributed by atoms with Crippen molar-refractivity contribution in [1.82, 2.24) is 20.1 Å². The Bertz CT molecular complexity index is 1330. The summed E-state index contributed by atoms with van der Waals surface area (Å²) in [6, 6.07) is 6.47. The Morgan fingerprint density at radius 2 is 2.00 bits per heavy atom. The van der Waals surface area contributed by atoms with E-state index >= 15 is 0 Å². The van der Waals surface area contributed by atoms with E-state index < -0.39 is 6.67 Å². The second-order valence-corrected chi connectivity index (χ2v) is 8.75. The van der Waals surface area contributed by atoms with E-state index in [4.69, 9.17) is 26.1 Å². The minimum atomic E-state index is -0.724. The van der Waals surface area contributed by atoms with Crippen LogP contribution in [0.4, 0.5) is 4.39 Å². The van der Waals surface area contributed by atoms with E-state index in [0.717, 1.165) is 32.5 Å². The van der Waals surface area contributed by atoms with E-state index in [2.05, 4.69) is 28.9 Å². The summed E-state index contributed by atoms with van der Waals surface area (Å²) in [6.45, 7) is 6.75. The number of phenolic OH excluding ortho intramolecular Hbond substituents is 1. The van der Waals surface area contributed by atoms with Crippen LogP contribution < -0.4 is 9.47 Å². The lowest BCUT2D eigenvalue weighted by Gasteiger charge is -2.22. The zero-order chi connectivity index (χ0) is 24.9. The van der Waals surface area contributed by atoms with Gasteiger partial charge in [0, 0.05) is 22.9 Å². The second-order valence-electron chi connectivity index (χ2n) is 8.35. The number of aromatic hydroxyl groups is 1. The average molecular weight is 501 g/mol. The lowest BCUT2D eigenvalue weighted by atomic mass is 9.96. The first-order valence-electron chi connectivity index (χ1n) is 11.8. The number of unbranched alkanes of at least 4 members (excludes halogenated alkanes) is 1. The van der Waals surface area contributed by atoms with Crippen LogP contribution >= 0.6 is 11.6 Å². The number of rotatable bonds is 11. The van der Waals surface area contributed by atoms with Crippen LogP contribution in [0.25, 0.3) is 33.1 Å². The van der Waals surface area contributed by atoms with Crippen molar-refractivity contribution in [2.45, 2.75) is 33.4 Å². The topological polar surface area (TPSA) is 83.5 Å². The fourth-order valence-corrected chi connectivity index (χ4v) is 4.49. The Morgan fingerprint density at radius 3 is 2.69 bits per heavy atom. The van der Waals surface area contributed by atoms with Gasteiger partial charge >= 0.3 is 0 Å². The molecule has 9 heteroatoms. The maximum Gasteiger partial charge on any atom is 0.169 e. The first-order chi connectivity index (χ1) is 17.0. The van der Waals surface area contributed by atoms with Gasteiger partial charge in [-0.15, -0.1) is 0 Å². The highest BCUT2D eigenvalue weighted by atomic mass is 35.5. The predicted octanol–water partition coefficient (Wildman–Crippen LogP) is 6.12. The first-order valence-corrected chi connectivity index (χ1v) is 12.2. The number of nitrogens with one attached hydrogen (secondary N) is 1. The highest BCUT2D eigenvalue weighted by Gasteiger charge is 2.23. The van der Waals surface area contributed by atoms with Crippen molar-refractivity contribution >= 4 is 33.4 Å². The smallest absolute Gasteiger partial charge is 0.169 e. The molecular weight excluding hydrogens is 471 g/mol. The van der Waals surface area contributed by atoms with Gasteiger partial charge in [-0.2, -0.15) is 5.10 Å². The van der Waals surface area contributed by atoms with Gasteiger partial charge in [-0.25, -0.2) is 9.37 Å². The second kappa shape index (κ2) is 11.1. The maximum absolute atomic E-state index is 14.5. The number of likely N-dealkylation sites (N-methyl/N-ethyl adjacent to an activating group) is 1. The summed E-state index contributed by atoms with van der Waals surface area (Å²) in [5.74, 6) is 0.928. The molecule has 0 aliphatic rings. The Kier molecular flexibility index (Phi) is 7.93. The standard InChI is InChI=1S/C26H30ClFN4O3/c1-4-6-9-32(5-2)10-11-35-21-13-17(14-28)22-23(25(21)34-3)18-15-29-31-26(18)30-24(22)16-7-8-20(33)19(27)12-16/h7-8,12-13,15,33H,4-6,9-11,14H2,1-3H3,(H,29,30,31). The molecule has 2 N–H and O–H groups in total. The van der Waals surface area contributed by atoms with E-state index in [1.165, 1.54) is 6.07 Å². The number of methoxy groups -OCH3 is 1. The highest BCUT2D eigenvalue weighted by Crippen LogP contribution is 2.45. The van der Waals surface area contributed by atoms with Crippen molar-refractivity contribution in [2.24, 2.45) is 0 Å². The molecule has 0 fully saturated rings. The number of aromatic nitrogens is 3. The molecule has 0 unspecified atom stereocenters. The summed E-state index contributed by atoms with van der Waals surface area (Å²) < 4.78 is 26.4. The molecule has 0 radical (unpaired) electrons. The van der Waals surface area contributed by atoms with Crippen molar-refractivity contribution in [2.75, 3.05) is 33.4 Å². The van der Waals surface area contributed by atoms with Gasteiger partial charge in [0.2, 0.25) is 0 Å². The molecule has 0 atom stereocenters. The van der Waals surface area contributed by atoms with Crippen molar-refractivity contribution < 1.29 is 19.0 Å². The molecule has 7 nitrogen and oxygen atoms in total. The number of pyridine rings is 1. The van der Waals surface area contributed by atoms with Crippen molar-refractivity contribution in [1.29, 1.82) is 0 Å². The summed E-state index contributed by atoms with van der Waals surface area (Å²) in [6.07, 6.45) is 3.92. The van der Waals surface area contributed by atoms with Gasteiger partial charge < -0.3 is 19.5 Å². The molecule has 0 aliphatic carbocycles. The van der Waals surface area contributed by atoms with Gasteiger partial charge in [0.1, 0.15) is 19.0 Å². The first kappa shape index (κ1) is 25.0. The van der Waals surface area contributed by atoms with E-state index in [1.54, 1.807) is 31.5 Å². The van der Waals surface area contributed by atoms with Gasteiger partial charge in [0.05, 0.1) is 29.4 Å². The van der Waals surface area contributed by atoms with Gasteiger partial charge in [0.15, 0.2) is 17.1 Å². The molecular formula is C26H30ClFN4O3. The number of aromatic amines is 1. The third-order valence-corrected chi connectivity index (χ3v) is 6.49. The SMILES string of the molecule is CCCCN(CC)CCOc1cc(CF)c2c(-c3ccc(O)c(Cl)c3)nc3[nH]ncc3c2c1OC. The lowest BCUT2D eigenvalue weighted by Crippen LogP contribution is -2.29. The van der Waals surface area contributed by atoms with Crippen LogP contribution in [-0.4, -0.2) is 58.5 Å². The van der Waals surface area contributed by atoms with Crippen molar-refractivity contribution in [3.8, 4) is 28.5 Å². The lowest BCUT2D eigenvalue weighted by molar-refractivity contribution is 0.209. The number of ether oxygens (including phenoxy) is 2. The van der Waals surface area contributed by atoms with Gasteiger partial charge in [-0.05, 0) is 49.3 Å². The summed E-state index contributed by atoms with van der Waals surface area (Å²) in [4.78, 5) is 7.05. The summed E-state index contributed by atoms with van der Waals surface area (Å²) in [5, 5.41) is 19.1. The highest BCUT2D eigenvalue weighted by molar-refractivity contribution is 6.32. The van der Waals surface area contributed by atoms with Crippen LogP contribution in [0.1, 0.15) is 32.3 Å². The van der Waals surface area contributed by atoms with Crippen LogP contribution in [0.5, 0.6) is 17.2 Å². The fourth-order valence-electron chi connectivity index (χ4n) is 4.31.